The minimum absolute atomic E-state index is 0.0851. The number of aliphatic carboxylic acids is 1. The highest BCUT2D eigenvalue weighted by molar-refractivity contribution is 8.08. The Kier molecular flexibility index (Phi) is 7.19. The van der Waals surface area contributed by atoms with E-state index in [-0.39, 0.29) is 22.2 Å². The number of carboxylic acid groups (broad SMARTS) is 1. The molecule has 2 aromatic rings. The second-order valence-electron chi connectivity index (χ2n) is 6.84. The first kappa shape index (κ1) is 23.8. The van der Waals surface area contributed by atoms with Gasteiger partial charge in [-0.05, 0) is 23.1 Å². The standard InChI is InChI=1S/C20H18N6O5S3/c1-31-25-13(11-8-34-20(21)23-11)16(27)24-14-17(28)26-15(19(29)30)12(9-33-18(14)26)32-6-4-10-3-2-5-22-7-10/h2-8,14,18H,9H2,1H3,(H2,21,23)(H,24,27)(H,29,30)/b6-4-,25-13?/t14?,18-/m1/s1. The zero-order valence-corrected chi connectivity index (χ0v) is 20.0. The van der Waals surface area contributed by atoms with Crippen molar-refractivity contribution in [1.82, 2.24) is 20.2 Å². The fraction of sp³-hybridized carbons (Fsp3) is 0.200. The maximum atomic E-state index is 12.9. The van der Waals surface area contributed by atoms with Crippen molar-refractivity contribution < 1.29 is 24.3 Å². The van der Waals surface area contributed by atoms with Crippen molar-refractivity contribution in [2.24, 2.45) is 5.16 Å². The molecule has 34 heavy (non-hydrogen) atoms. The largest absolute Gasteiger partial charge is 0.477 e. The number of carbonyl (C=O) groups is 3. The van der Waals surface area contributed by atoms with Crippen LogP contribution in [-0.4, -0.2) is 67.7 Å². The van der Waals surface area contributed by atoms with Gasteiger partial charge in [0.2, 0.25) is 0 Å². The predicted octanol–water partition coefficient (Wildman–Crippen LogP) is 1.57. The Morgan fingerprint density at radius 3 is 2.94 bits per heavy atom. The van der Waals surface area contributed by atoms with E-state index in [2.05, 4.69) is 20.4 Å². The number of hydrogen-bond donors (Lipinski definition) is 3. The molecule has 0 aromatic carbocycles. The highest BCUT2D eigenvalue weighted by atomic mass is 32.2. The summed E-state index contributed by atoms with van der Waals surface area (Å²) in [5, 5.41) is 19.1. The summed E-state index contributed by atoms with van der Waals surface area (Å²) < 4.78 is 0. The van der Waals surface area contributed by atoms with Crippen LogP contribution in [0.15, 0.2) is 51.1 Å². The van der Waals surface area contributed by atoms with Gasteiger partial charge in [0.05, 0.1) is 0 Å². The quantitative estimate of drug-likeness (QED) is 0.266. The number of oxime groups is 1. The van der Waals surface area contributed by atoms with Crippen LogP contribution in [0.25, 0.3) is 6.08 Å². The molecule has 0 saturated carbocycles. The Morgan fingerprint density at radius 2 is 2.29 bits per heavy atom. The van der Waals surface area contributed by atoms with Gasteiger partial charge < -0.3 is 21.0 Å². The van der Waals surface area contributed by atoms with Crippen molar-refractivity contribution >= 4 is 69.6 Å². The van der Waals surface area contributed by atoms with E-state index in [1.165, 1.54) is 35.5 Å². The number of anilines is 1. The Morgan fingerprint density at radius 1 is 1.47 bits per heavy atom. The summed E-state index contributed by atoms with van der Waals surface area (Å²) in [4.78, 5) is 52.2. The van der Waals surface area contributed by atoms with Crippen LogP contribution in [0, 0.1) is 0 Å². The van der Waals surface area contributed by atoms with Crippen LogP contribution in [0.3, 0.4) is 0 Å². The minimum Gasteiger partial charge on any atom is -0.477 e. The molecule has 11 nitrogen and oxygen atoms in total. The van der Waals surface area contributed by atoms with Gasteiger partial charge >= 0.3 is 5.97 Å². The first-order valence-corrected chi connectivity index (χ1v) is 12.5. The van der Waals surface area contributed by atoms with Gasteiger partial charge in [-0.15, -0.1) is 23.1 Å². The lowest BCUT2D eigenvalue weighted by atomic mass is 10.0. The summed E-state index contributed by atoms with van der Waals surface area (Å²) in [6.45, 7) is 0. The maximum Gasteiger partial charge on any atom is 0.353 e. The molecule has 0 aliphatic carbocycles. The van der Waals surface area contributed by atoms with E-state index < -0.39 is 29.2 Å². The van der Waals surface area contributed by atoms with Gasteiger partial charge in [0.1, 0.15) is 29.9 Å². The summed E-state index contributed by atoms with van der Waals surface area (Å²) in [5.74, 6) is -2.04. The molecule has 4 rings (SSSR count). The maximum absolute atomic E-state index is 12.9. The zero-order chi connectivity index (χ0) is 24.2. The molecule has 1 fully saturated rings. The summed E-state index contributed by atoms with van der Waals surface area (Å²) in [6, 6.07) is 2.75. The lowest BCUT2D eigenvalue weighted by molar-refractivity contribution is -0.150. The first-order valence-electron chi connectivity index (χ1n) is 9.68. The lowest BCUT2D eigenvalue weighted by Crippen LogP contribution is -2.71. The van der Waals surface area contributed by atoms with Gasteiger partial charge in [0.15, 0.2) is 10.8 Å². The molecule has 176 valence electrons. The third-order valence-electron chi connectivity index (χ3n) is 4.74. The van der Waals surface area contributed by atoms with Crippen molar-refractivity contribution in [3.63, 3.8) is 0 Å². The number of fused-ring (bicyclic) bond motifs is 1. The van der Waals surface area contributed by atoms with Crippen LogP contribution in [0.2, 0.25) is 0 Å². The first-order chi connectivity index (χ1) is 16.4. The molecule has 2 aromatic heterocycles. The molecule has 4 heterocycles. The molecule has 0 bridgehead atoms. The predicted molar refractivity (Wildman–Crippen MR) is 131 cm³/mol. The Bertz CT molecular complexity index is 1210. The number of nitrogen functional groups attached to an aromatic ring is 1. The molecular formula is C20H18N6O5S3. The van der Waals surface area contributed by atoms with Crippen molar-refractivity contribution in [2.75, 3.05) is 18.6 Å². The number of β-lactam (4-membered cyclic amide) rings is 1. The van der Waals surface area contributed by atoms with Gasteiger partial charge in [-0.1, -0.05) is 23.0 Å². The number of nitrogens with two attached hydrogens (primary N) is 1. The molecule has 0 spiro atoms. The van der Waals surface area contributed by atoms with Gasteiger partial charge in [-0.3, -0.25) is 19.5 Å². The number of thioether (sulfide) groups is 2. The monoisotopic (exact) mass is 518 g/mol. The number of nitrogens with one attached hydrogen (secondary N) is 1. The summed E-state index contributed by atoms with van der Waals surface area (Å²) >= 11 is 3.73. The fourth-order valence-electron chi connectivity index (χ4n) is 3.25. The molecular weight excluding hydrogens is 500 g/mol. The van der Waals surface area contributed by atoms with E-state index in [9.17, 15) is 19.5 Å². The number of pyridine rings is 1. The van der Waals surface area contributed by atoms with Crippen molar-refractivity contribution in [3.8, 4) is 0 Å². The number of carboxylic acids is 1. The molecule has 2 aliphatic rings. The average Bonchev–Trinajstić information content (AvgIpc) is 3.26. The van der Waals surface area contributed by atoms with Crippen LogP contribution >= 0.6 is 34.9 Å². The third kappa shape index (κ3) is 4.78. The Labute approximate surface area is 206 Å². The molecule has 1 saturated heterocycles. The topological polar surface area (TPSA) is 160 Å². The van der Waals surface area contributed by atoms with Gasteiger partial charge in [0.25, 0.3) is 11.8 Å². The number of amides is 2. The number of carbonyl (C=O) groups excluding carboxylic acids is 2. The van der Waals surface area contributed by atoms with Crippen LogP contribution in [-0.2, 0) is 19.2 Å². The molecule has 0 radical (unpaired) electrons. The molecule has 14 heteroatoms. The van der Waals surface area contributed by atoms with Crippen molar-refractivity contribution in [3.05, 3.63) is 57.2 Å². The average molecular weight is 519 g/mol. The Balaban J connectivity index is 1.48. The molecule has 2 aliphatic heterocycles. The van der Waals surface area contributed by atoms with Crippen LogP contribution in [0.4, 0.5) is 5.13 Å². The van der Waals surface area contributed by atoms with E-state index in [0.29, 0.717) is 10.7 Å². The summed E-state index contributed by atoms with van der Waals surface area (Å²) in [7, 11) is 1.28. The summed E-state index contributed by atoms with van der Waals surface area (Å²) in [5.41, 5.74) is 6.50. The third-order valence-corrected chi connectivity index (χ3v) is 7.77. The van der Waals surface area contributed by atoms with E-state index in [1.54, 1.807) is 29.2 Å². The van der Waals surface area contributed by atoms with E-state index in [0.717, 1.165) is 16.9 Å². The van der Waals surface area contributed by atoms with Crippen LogP contribution in [0.1, 0.15) is 11.3 Å². The highest BCUT2D eigenvalue weighted by Crippen LogP contribution is 2.43. The van der Waals surface area contributed by atoms with Crippen molar-refractivity contribution in [1.29, 1.82) is 0 Å². The fourth-order valence-corrected chi connectivity index (χ4v) is 6.16. The molecule has 2 atom stereocenters. The number of aromatic nitrogens is 2. The smallest absolute Gasteiger partial charge is 0.353 e. The number of rotatable bonds is 8. The minimum atomic E-state index is -1.21. The van der Waals surface area contributed by atoms with Crippen molar-refractivity contribution in [2.45, 2.75) is 11.4 Å². The summed E-state index contributed by atoms with van der Waals surface area (Å²) in [6.07, 6.45) is 5.15. The zero-order valence-electron chi connectivity index (χ0n) is 17.6. The molecule has 2 amide bonds. The number of thiazole rings is 1. The second-order valence-corrected chi connectivity index (χ2v) is 9.83. The molecule has 1 unspecified atom stereocenters. The van der Waals surface area contributed by atoms with Gasteiger partial charge in [-0.25, -0.2) is 9.78 Å². The number of nitrogens with zero attached hydrogens (tertiary/aromatic N) is 4. The molecule has 4 N–H and O–H groups in total. The van der Waals surface area contributed by atoms with E-state index in [4.69, 9.17) is 10.6 Å². The van der Waals surface area contributed by atoms with Crippen LogP contribution in [0.5, 0.6) is 0 Å². The highest BCUT2D eigenvalue weighted by Gasteiger charge is 2.54. The van der Waals surface area contributed by atoms with Gasteiger partial charge in [0, 0.05) is 28.4 Å². The SMILES string of the molecule is CON=C(C(=O)NC1C(=O)N2C(C(=O)O)=C(S/C=C\c3cccnc3)CS[C@H]12)c1csc(N)n1. The Hall–Kier alpha value is -3.36. The number of hydrogen-bond acceptors (Lipinski definition) is 11. The second kappa shape index (κ2) is 10.3. The normalized spacial score (nSPS) is 20.2. The van der Waals surface area contributed by atoms with Gasteiger partial charge in [-0.2, -0.15) is 0 Å². The van der Waals surface area contributed by atoms with Crippen LogP contribution < -0.4 is 11.1 Å². The van der Waals surface area contributed by atoms with E-state index in [1.807, 2.05) is 12.1 Å². The van der Waals surface area contributed by atoms with E-state index >= 15 is 0 Å². The lowest BCUT2D eigenvalue weighted by Gasteiger charge is -2.49.